The Morgan fingerprint density at radius 1 is 1.64 bits per heavy atom. The van der Waals surface area contributed by atoms with Crippen molar-refractivity contribution < 1.29 is 4.40 Å². The Kier molecular flexibility index (Phi) is 1.09. The van der Waals surface area contributed by atoms with Gasteiger partial charge in [0.15, 0.2) is 5.69 Å². The highest BCUT2D eigenvalue weighted by molar-refractivity contribution is 5.28. The molecule has 2 rings (SSSR count). The predicted molar refractivity (Wildman–Crippen MR) is 40.3 cm³/mol. The number of hydrogen-bond donors (Lipinski definition) is 1. The van der Waals surface area contributed by atoms with Gasteiger partial charge in [0.1, 0.15) is 18.6 Å². The molecule has 56 valence electrons. The highest BCUT2D eigenvalue weighted by atomic mass is 15.3. The molecule has 2 heterocycles. The average Bonchev–Trinajstić information content (AvgIpc) is 2.30. The van der Waals surface area contributed by atoms with Crippen LogP contribution in [0.1, 0.15) is 5.69 Å². The van der Waals surface area contributed by atoms with Crippen LogP contribution in [-0.4, -0.2) is 9.66 Å². The third-order valence-corrected chi connectivity index (χ3v) is 1.72. The van der Waals surface area contributed by atoms with Gasteiger partial charge in [-0.15, -0.1) is 4.68 Å². The van der Waals surface area contributed by atoms with E-state index in [1.165, 1.54) is 0 Å². The van der Waals surface area contributed by atoms with Crippen LogP contribution >= 0.6 is 0 Å². The lowest BCUT2D eigenvalue weighted by Gasteiger charge is -1.85. The minimum atomic E-state index is 0.894. The van der Waals surface area contributed by atoms with Gasteiger partial charge in [-0.05, 0) is 0 Å². The van der Waals surface area contributed by atoms with E-state index in [1.54, 1.807) is 17.1 Å². The van der Waals surface area contributed by atoms with Crippen LogP contribution in [0.2, 0.25) is 0 Å². The van der Waals surface area contributed by atoms with Gasteiger partial charge in [0.05, 0.1) is 6.20 Å². The van der Waals surface area contributed by atoms with E-state index < -0.39 is 0 Å². The minimum Gasteiger partial charge on any atom is -0.268 e. The van der Waals surface area contributed by atoms with Crippen LogP contribution in [0.15, 0.2) is 24.8 Å². The molecule has 4 heteroatoms. The Hall–Kier alpha value is -1.58. The second-order valence-corrected chi connectivity index (χ2v) is 2.48. The van der Waals surface area contributed by atoms with Crippen molar-refractivity contribution in [2.24, 2.45) is 0 Å². The molecule has 0 radical (unpaired) electrons. The molecule has 11 heavy (non-hydrogen) atoms. The number of nitrogens with two attached hydrogens (primary N) is 1. The Morgan fingerprint density at radius 3 is 3.18 bits per heavy atom. The summed E-state index contributed by atoms with van der Waals surface area (Å²) in [6.45, 7) is 1.95. The molecule has 0 amide bonds. The van der Waals surface area contributed by atoms with Gasteiger partial charge < -0.3 is 0 Å². The third kappa shape index (κ3) is 0.756. The van der Waals surface area contributed by atoms with Crippen molar-refractivity contribution in [3.63, 3.8) is 0 Å². The molecule has 2 N–H and O–H groups in total. The summed E-state index contributed by atoms with van der Waals surface area (Å²) in [6, 6.07) is 0. The van der Waals surface area contributed by atoms with E-state index in [2.05, 4.69) is 4.98 Å². The molecule has 0 bridgehead atoms. The molecule has 2 aromatic rings. The average molecular weight is 149 g/mol. The third-order valence-electron chi connectivity index (χ3n) is 1.72. The summed E-state index contributed by atoms with van der Waals surface area (Å²) >= 11 is 0. The summed E-state index contributed by atoms with van der Waals surface area (Å²) in [4.78, 5) is 3.97. The van der Waals surface area contributed by atoms with E-state index in [-0.39, 0.29) is 0 Å². The number of rotatable bonds is 0. The van der Waals surface area contributed by atoms with Crippen LogP contribution in [-0.2, 0) is 0 Å². The first-order valence-electron chi connectivity index (χ1n) is 3.37. The van der Waals surface area contributed by atoms with Crippen LogP contribution in [0.25, 0.3) is 5.65 Å². The van der Waals surface area contributed by atoms with Crippen LogP contribution in [0.3, 0.4) is 0 Å². The zero-order chi connectivity index (χ0) is 7.84. The number of hydrogen-bond acceptors (Lipinski definition) is 2. The van der Waals surface area contributed by atoms with Gasteiger partial charge in [-0.25, -0.2) is 0 Å². The molecule has 0 unspecified atom stereocenters. The Balaban J connectivity index is 2.92. The topological polar surface area (TPSA) is 47.9 Å². The van der Waals surface area contributed by atoms with E-state index in [0.29, 0.717) is 0 Å². The maximum Gasteiger partial charge on any atom is 0.328 e. The van der Waals surface area contributed by atoms with Crippen molar-refractivity contribution in [2.45, 2.75) is 6.92 Å². The van der Waals surface area contributed by atoms with Crippen molar-refractivity contribution in [1.29, 1.82) is 0 Å². The standard InChI is InChI=1S/C7H9N4/c1-6-5-10-3-2-9-4-7(10)11(6)8/h2-5H,8H2,1H3/q+1. The smallest absolute Gasteiger partial charge is 0.268 e. The fourth-order valence-corrected chi connectivity index (χ4v) is 1.10. The highest BCUT2D eigenvalue weighted by Gasteiger charge is 2.09. The quantitative estimate of drug-likeness (QED) is 0.411. The Morgan fingerprint density at radius 2 is 2.45 bits per heavy atom. The molecular weight excluding hydrogens is 140 g/mol. The number of aromatic nitrogens is 3. The van der Waals surface area contributed by atoms with Gasteiger partial charge in [-0.1, -0.05) is 0 Å². The molecule has 0 aliphatic carbocycles. The van der Waals surface area contributed by atoms with E-state index in [4.69, 9.17) is 5.84 Å². The monoisotopic (exact) mass is 149 g/mol. The van der Waals surface area contributed by atoms with Crippen molar-refractivity contribution >= 4 is 5.65 Å². The number of nitrogen functional groups attached to an aromatic ring is 1. The van der Waals surface area contributed by atoms with Crippen molar-refractivity contribution in [1.82, 2.24) is 9.66 Å². The first-order valence-corrected chi connectivity index (χ1v) is 3.37. The fraction of sp³-hybridized carbons (Fsp3) is 0.143. The molecule has 0 atom stereocenters. The molecule has 0 aliphatic rings. The van der Waals surface area contributed by atoms with E-state index in [1.807, 2.05) is 23.7 Å². The lowest BCUT2D eigenvalue weighted by atomic mass is 10.6. The molecule has 0 saturated carbocycles. The zero-order valence-electron chi connectivity index (χ0n) is 6.23. The Bertz CT molecular complexity index is 390. The second-order valence-electron chi connectivity index (χ2n) is 2.48. The van der Waals surface area contributed by atoms with Gasteiger partial charge in [0, 0.05) is 6.92 Å². The number of imidazole rings is 1. The summed E-state index contributed by atoms with van der Waals surface area (Å²) in [7, 11) is 0. The van der Waals surface area contributed by atoms with Crippen LogP contribution in [0.5, 0.6) is 0 Å². The summed E-state index contributed by atoms with van der Waals surface area (Å²) in [5.74, 6) is 5.69. The molecular formula is C7H9N4+. The molecule has 0 spiro atoms. The largest absolute Gasteiger partial charge is 0.328 e. The lowest BCUT2D eigenvalue weighted by molar-refractivity contribution is -0.511. The fourth-order valence-electron chi connectivity index (χ4n) is 1.10. The number of nitrogens with zero attached hydrogens (tertiary/aromatic N) is 3. The van der Waals surface area contributed by atoms with Crippen molar-refractivity contribution in [3.05, 3.63) is 30.5 Å². The van der Waals surface area contributed by atoms with Crippen LogP contribution < -0.4 is 10.2 Å². The summed E-state index contributed by atoms with van der Waals surface area (Å²) in [6.07, 6.45) is 7.28. The molecule has 0 aromatic carbocycles. The zero-order valence-corrected chi connectivity index (χ0v) is 6.23. The van der Waals surface area contributed by atoms with Crippen molar-refractivity contribution in [3.8, 4) is 0 Å². The van der Waals surface area contributed by atoms with Gasteiger partial charge in [0.2, 0.25) is 0 Å². The van der Waals surface area contributed by atoms with E-state index in [9.17, 15) is 0 Å². The number of aryl methyl sites for hydroxylation is 1. The van der Waals surface area contributed by atoms with Crippen LogP contribution in [0.4, 0.5) is 0 Å². The maximum atomic E-state index is 5.69. The van der Waals surface area contributed by atoms with Gasteiger partial charge in [-0.2, -0.15) is 4.40 Å². The van der Waals surface area contributed by atoms with Gasteiger partial charge in [-0.3, -0.25) is 10.8 Å². The first-order chi connectivity index (χ1) is 5.29. The maximum absolute atomic E-state index is 5.69. The lowest BCUT2D eigenvalue weighted by Crippen LogP contribution is -2.21. The molecule has 0 fully saturated rings. The predicted octanol–water partition coefficient (Wildman–Crippen LogP) is -0.356. The van der Waals surface area contributed by atoms with E-state index >= 15 is 0 Å². The van der Waals surface area contributed by atoms with Crippen LogP contribution in [0, 0.1) is 6.92 Å². The summed E-state index contributed by atoms with van der Waals surface area (Å²) in [5.41, 5.74) is 1.91. The van der Waals surface area contributed by atoms with E-state index in [0.717, 1.165) is 11.3 Å². The van der Waals surface area contributed by atoms with Gasteiger partial charge in [0.25, 0.3) is 0 Å². The molecule has 0 aliphatic heterocycles. The molecule has 2 aromatic heterocycles. The second kappa shape index (κ2) is 1.95. The van der Waals surface area contributed by atoms with Crippen molar-refractivity contribution in [2.75, 3.05) is 5.84 Å². The summed E-state index contributed by atoms with van der Waals surface area (Å²) < 4.78 is 3.54. The molecule has 0 saturated heterocycles. The molecule has 4 nitrogen and oxygen atoms in total. The highest BCUT2D eigenvalue weighted by Crippen LogP contribution is 1.95. The van der Waals surface area contributed by atoms with Gasteiger partial charge >= 0.3 is 5.65 Å². The number of fused-ring (bicyclic) bond motifs is 1. The first kappa shape index (κ1) is 6.15. The SMILES string of the molecule is Cc1c[n+]2ccncc2n1N. The Labute approximate surface area is 63.9 Å². The normalized spacial score (nSPS) is 10.6. The minimum absolute atomic E-state index is 0.894. The summed E-state index contributed by atoms with van der Waals surface area (Å²) in [5, 5.41) is 0.